The summed E-state index contributed by atoms with van der Waals surface area (Å²) in [6.07, 6.45) is 4.82. The lowest BCUT2D eigenvalue weighted by atomic mass is 9.56. The lowest BCUT2D eigenvalue weighted by molar-refractivity contribution is 0.322. The standard InChI is InChI=1S/C19H15BrN4/c20-13-7-5-12(6-8-13)17-14-3-1-2-4-15(14)18(24)16(9-21)19(17,10-22)11-23/h4-8,14,17H,1-3,24H2/t14-,17-/m1/s1. The molecule has 2 aliphatic rings. The Kier molecular flexibility index (Phi) is 4.18. The van der Waals surface area contributed by atoms with Gasteiger partial charge in [-0.3, -0.25) is 0 Å². The summed E-state index contributed by atoms with van der Waals surface area (Å²) in [6.45, 7) is 0. The molecule has 2 N–H and O–H groups in total. The smallest absolute Gasteiger partial charge is 0.187 e. The number of nitriles is 3. The lowest BCUT2D eigenvalue weighted by Gasteiger charge is -2.43. The Hall–Kier alpha value is -2.55. The Morgan fingerprint density at radius 3 is 2.38 bits per heavy atom. The Bertz CT molecular complexity index is 845. The lowest BCUT2D eigenvalue weighted by Crippen LogP contribution is -2.41. The zero-order valence-electron chi connectivity index (χ0n) is 13.0. The van der Waals surface area contributed by atoms with Crippen LogP contribution in [-0.4, -0.2) is 0 Å². The number of nitrogens with two attached hydrogens (primary N) is 1. The van der Waals surface area contributed by atoms with Crippen molar-refractivity contribution in [1.29, 1.82) is 15.8 Å². The van der Waals surface area contributed by atoms with Crippen LogP contribution < -0.4 is 5.73 Å². The molecule has 118 valence electrons. The van der Waals surface area contributed by atoms with Crippen molar-refractivity contribution in [2.75, 3.05) is 0 Å². The molecule has 0 saturated heterocycles. The van der Waals surface area contributed by atoms with E-state index in [4.69, 9.17) is 5.73 Å². The number of allylic oxidation sites excluding steroid dienone is 3. The molecule has 0 bridgehead atoms. The molecule has 4 nitrogen and oxygen atoms in total. The van der Waals surface area contributed by atoms with Gasteiger partial charge in [0.2, 0.25) is 0 Å². The molecule has 0 saturated carbocycles. The minimum absolute atomic E-state index is 0.0173. The maximum atomic E-state index is 9.90. The molecular weight excluding hydrogens is 364 g/mol. The third kappa shape index (κ3) is 2.23. The molecule has 0 radical (unpaired) electrons. The van der Waals surface area contributed by atoms with Crippen LogP contribution in [0.5, 0.6) is 0 Å². The molecule has 1 aromatic carbocycles. The molecule has 2 atom stereocenters. The maximum absolute atomic E-state index is 9.90. The van der Waals surface area contributed by atoms with Crippen LogP contribution in [0.15, 0.2) is 51.7 Å². The maximum Gasteiger partial charge on any atom is 0.187 e. The third-order valence-electron chi connectivity index (χ3n) is 5.02. The van der Waals surface area contributed by atoms with E-state index in [9.17, 15) is 15.8 Å². The zero-order valence-corrected chi connectivity index (χ0v) is 14.5. The first kappa shape index (κ1) is 16.3. The van der Waals surface area contributed by atoms with Crippen LogP contribution >= 0.6 is 15.9 Å². The molecule has 0 heterocycles. The van der Waals surface area contributed by atoms with Gasteiger partial charge in [0.05, 0.1) is 29.5 Å². The molecule has 2 aliphatic carbocycles. The molecule has 1 aromatic rings. The topological polar surface area (TPSA) is 97.4 Å². The average Bonchev–Trinajstić information content (AvgIpc) is 2.62. The fourth-order valence-corrected chi connectivity index (χ4v) is 4.21. The molecule has 0 aromatic heterocycles. The number of hydrogen-bond acceptors (Lipinski definition) is 4. The van der Waals surface area contributed by atoms with Crippen molar-refractivity contribution in [2.45, 2.75) is 25.2 Å². The monoisotopic (exact) mass is 378 g/mol. The average molecular weight is 379 g/mol. The van der Waals surface area contributed by atoms with E-state index < -0.39 is 11.3 Å². The molecule has 24 heavy (non-hydrogen) atoms. The van der Waals surface area contributed by atoms with Crippen LogP contribution in [0.2, 0.25) is 0 Å². The Labute approximate surface area is 149 Å². The highest BCUT2D eigenvalue weighted by Crippen LogP contribution is 2.56. The van der Waals surface area contributed by atoms with Crippen molar-refractivity contribution in [3.63, 3.8) is 0 Å². The van der Waals surface area contributed by atoms with Crippen LogP contribution in [0.1, 0.15) is 30.7 Å². The van der Waals surface area contributed by atoms with Gasteiger partial charge in [0, 0.05) is 10.4 Å². The van der Waals surface area contributed by atoms with Crippen molar-refractivity contribution in [1.82, 2.24) is 0 Å². The van der Waals surface area contributed by atoms with Crippen LogP contribution in [0, 0.1) is 45.3 Å². The predicted molar refractivity (Wildman–Crippen MR) is 92.8 cm³/mol. The second-order valence-corrected chi connectivity index (χ2v) is 7.07. The van der Waals surface area contributed by atoms with Gasteiger partial charge in [-0.15, -0.1) is 0 Å². The summed E-state index contributed by atoms with van der Waals surface area (Å²) in [5, 5.41) is 29.4. The fraction of sp³-hybridized carbons (Fsp3) is 0.316. The van der Waals surface area contributed by atoms with Crippen molar-refractivity contribution in [2.24, 2.45) is 17.1 Å². The minimum atomic E-state index is -1.55. The summed E-state index contributed by atoms with van der Waals surface area (Å²) in [4.78, 5) is 0. The number of rotatable bonds is 1. The number of fused-ring (bicyclic) bond motifs is 1. The van der Waals surface area contributed by atoms with Crippen LogP contribution in [0.4, 0.5) is 0 Å². The van der Waals surface area contributed by atoms with E-state index in [1.807, 2.05) is 24.3 Å². The normalized spacial score (nSPS) is 24.8. The quantitative estimate of drug-likeness (QED) is 0.796. The summed E-state index contributed by atoms with van der Waals surface area (Å²) in [5.41, 5.74) is 6.88. The molecule has 0 aliphatic heterocycles. The van der Waals surface area contributed by atoms with Crippen molar-refractivity contribution in [3.05, 3.63) is 57.2 Å². The van der Waals surface area contributed by atoms with E-state index in [0.29, 0.717) is 5.70 Å². The van der Waals surface area contributed by atoms with Gasteiger partial charge in [0.25, 0.3) is 0 Å². The second-order valence-electron chi connectivity index (χ2n) is 6.16. The minimum Gasteiger partial charge on any atom is -0.398 e. The SMILES string of the molecule is N#CC1=C(N)C2=CCCC[C@H]2[C@@H](c2ccc(Br)cc2)C1(C#N)C#N. The summed E-state index contributed by atoms with van der Waals surface area (Å²) in [6, 6.07) is 13.9. The number of benzene rings is 1. The van der Waals surface area contributed by atoms with Crippen molar-refractivity contribution in [3.8, 4) is 18.2 Å². The molecule has 0 unspecified atom stereocenters. The zero-order chi connectivity index (χ0) is 17.3. The van der Waals surface area contributed by atoms with Crippen molar-refractivity contribution >= 4 is 15.9 Å². The summed E-state index contributed by atoms with van der Waals surface area (Å²) in [7, 11) is 0. The fourth-order valence-electron chi connectivity index (χ4n) is 3.95. The van der Waals surface area contributed by atoms with E-state index in [-0.39, 0.29) is 11.5 Å². The van der Waals surface area contributed by atoms with E-state index >= 15 is 0 Å². The molecule has 0 fully saturated rings. The third-order valence-corrected chi connectivity index (χ3v) is 5.55. The largest absolute Gasteiger partial charge is 0.398 e. The Morgan fingerprint density at radius 1 is 1.12 bits per heavy atom. The number of nitrogens with zero attached hydrogens (tertiary/aromatic N) is 3. The molecule has 3 rings (SSSR count). The van der Waals surface area contributed by atoms with Crippen LogP contribution in [0.25, 0.3) is 0 Å². The first-order valence-electron chi connectivity index (χ1n) is 7.77. The van der Waals surface area contributed by atoms with E-state index in [1.54, 1.807) is 0 Å². The van der Waals surface area contributed by atoms with Gasteiger partial charge in [-0.05, 0) is 48.4 Å². The summed E-state index contributed by atoms with van der Waals surface area (Å²) >= 11 is 3.41. The number of halogens is 1. The van der Waals surface area contributed by atoms with Gasteiger partial charge < -0.3 is 5.73 Å². The van der Waals surface area contributed by atoms with Gasteiger partial charge in [-0.2, -0.15) is 15.8 Å². The Balaban J connectivity index is 2.32. The van der Waals surface area contributed by atoms with Gasteiger partial charge in [-0.1, -0.05) is 34.1 Å². The molecule has 5 heteroatoms. The highest BCUT2D eigenvalue weighted by atomic mass is 79.9. The van der Waals surface area contributed by atoms with Gasteiger partial charge in [0.15, 0.2) is 5.41 Å². The Morgan fingerprint density at radius 2 is 1.79 bits per heavy atom. The summed E-state index contributed by atoms with van der Waals surface area (Å²) < 4.78 is 0.927. The van der Waals surface area contributed by atoms with E-state index in [0.717, 1.165) is 34.9 Å². The van der Waals surface area contributed by atoms with E-state index in [1.165, 1.54) is 0 Å². The van der Waals surface area contributed by atoms with Crippen molar-refractivity contribution < 1.29 is 0 Å². The van der Waals surface area contributed by atoms with E-state index in [2.05, 4.69) is 40.2 Å². The van der Waals surface area contributed by atoms with Gasteiger partial charge in [-0.25, -0.2) is 0 Å². The first-order chi connectivity index (χ1) is 11.6. The number of hydrogen-bond donors (Lipinski definition) is 1. The highest BCUT2D eigenvalue weighted by molar-refractivity contribution is 9.10. The highest BCUT2D eigenvalue weighted by Gasteiger charge is 2.54. The van der Waals surface area contributed by atoms with Crippen LogP contribution in [0.3, 0.4) is 0 Å². The summed E-state index contributed by atoms with van der Waals surface area (Å²) in [5.74, 6) is -0.412. The first-order valence-corrected chi connectivity index (χ1v) is 8.57. The molecular formula is C19H15BrN4. The molecule has 0 amide bonds. The molecule has 0 spiro atoms. The van der Waals surface area contributed by atoms with Crippen LogP contribution in [-0.2, 0) is 0 Å². The van der Waals surface area contributed by atoms with Gasteiger partial charge in [0.1, 0.15) is 0 Å². The van der Waals surface area contributed by atoms with Gasteiger partial charge >= 0.3 is 0 Å². The predicted octanol–water partition coefficient (Wildman–Crippen LogP) is 4.04. The second kappa shape index (κ2) is 6.16.